The molecule has 0 bridgehead atoms. The minimum Gasteiger partial charge on any atom is -0.361 e. The monoisotopic (exact) mass is 286 g/mol. The van der Waals surface area contributed by atoms with Crippen molar-refractivity contribution in [3.8, 4) is 0 Å². The van der Waals surface area contributed by atoms with Crippen LogP contribution < -0.4 is 5.32 Å². The molecule has 1 amide bonds. The summed E-state index contributed by atoms with van der Waals surface area (Å²) in [5.74, 6) is 1.16. The number of rotatable bonds is 4. The van der Waals surface area contributed by atoms with Crippen LogP contribution in [0.25, 0.3) is 17.0 Å². The predicted octanol–water partition coefficient (Wildman–Crippen LogP) is 3.36. The molecule has 0 unspecified atom stereocenters. The molecule has 2 aromatic rings. The summed E-state index contributed by atoms with van der Waals surface area (Å²) >= 11 is 1.88. The first kappa shape index (κ1) is 13.3. The Balaban J connectivity index is 1.88. The van der Waals surface area contributed by atoms with Crippen LogP contribution in [0.15, 0.2) is 29.3 Å². The summed E-state index contributed by atoms with van der Waals surface area (Å²) in [5.41, 5.74) is 3.83. The quantitative estimate of drug-likeness (QED) is 0.905. The number of thioether (sulfide) groups is 1. The fraction of sp³-hybridized carbons (Fsp3) is 0.312. The average Bonchev–Trinajstić information content (AvgIpc) is 2.91. The Bertz CT molecular complexity index is 672. The van der Waals surface area contributed by atoms with Crippen molar-refractivity contribution in [3.63, 3.8) is 0 Å². The minimum atomic E-state index is 0.113. The number of nitrogens with one attached hydrogen (secondary N) is 2. The van der Waals surface area contributed by atoms with Crippen LogP contribution in [-0.2, 0) is 11.2 Å². The highest BCUT2D eigenvalue weighted by Gasteiger charge is 2.13. The molecule has 0 fully saturated rings. The molecule has 104 valence electrons. The van der Waals surface area contributed by atoms with Crippen LogP contribution in [0.1, 0.15) is 24.0 Å². The van der Waals surface area contributed by atoms with E-state index in [9.17, 15) is 4.79 Å². The van der Waals surface area contributed by atoms with Crippen LogP contribution in [-0.4, -0.2) is 23.7 Å². The van der Waals surface area contributed by atoms with Crippen molar-refractivity contribution in [2.24, 2.45) is 0 Å². The first-order valence-corrected chi connectivity index (χ1v) is 7.91. The van der Waals surface area contributed by atoms with Gasteiger partial charge < -0.3 is 10.3 Å². The van der Waals surface area contributed by atoms with Gasteiger partial charge in [0.05, 0.1) is 0 Å². The Morgan fingerprint density at radius 2 is 2.35 bits per heavy atom. The van der Waals surface area contributed by atoms with E-state index in [-0.39, 0.29) is 5.91 Å². The van der Waals surface area contributed by atoms with Gasteiger partial charge in [-0.15, -0.1) is 11.8 Å². The fourth-order valence-corrected chi connectivity index (χ4v) is 3.52. The lowest BCUT2D eigenvalue weighted by Crippen LogP contribution is -2.17. The molecule has 0 saturated heterocycles. The Morgan fingerprint density at radius 1 is 1.45 bits per heavy atom. The lowest BCUT2D eigenvalue weighted by Gasteiger charge is -2.12. The highest BCUT2D eigenvalue weighted by molar-refractivity contribution is 7.99. The lowest BCUT2D eigenvalue weighted by atomic mass is 10.0. The van der Waals surface area contributed by atoms with Gasteiger partial charge in [0, 0.05) is 41.2 Å². The summed E-state index contributed by atoms with van der Waals surface area (Å²) in [6.07, 6.45) is 8.93. The molecule has 1 aliphatic rings. The first-order chi connectivity index (χ1) is 9.79. The van der Waals surface area contributed by atoms with E-state index in [4.69, 9.17) is 0 Å². The van der Waals surface area contributed by atoms with Crippen molar-refractivity contribution in [3.05, 3.63) is 35.5 Å². The molecule has 0 radical (unpaired) electrons. The number of hydrogen-bond donors (Lipinski definition) is 2. The molecule has 0 spiro atoms. The van der Waals surface area contributed by atoms with Crippen LogP contribution in [0.4, 0.5) is 0 Å². The van der Waals surface area contributed by atoms with Gasteiger partial charge in [-0.3, -0.25) is 4.79 Å². The molecular weight excluding hydrogens is 268 g/mol. The Hall–Kier alpha value is -1.68. The van der Waals surface area contributed by atoms with Crippen molar-refractivity contribution < 1.29 is 4.79 Å². The number of amides is 1. The smallest absolute Gasteiger partial charge is 0.219 e. The highest BCUT2D eigenvalue weighted by atomic mass is 32.2. The molecular formula is C16H18N2OS. The summed E-state index contributed by atoms with van der Waals surface area (Å²) in [5, 5.41) is 3.99. The van der Waals surface area contributed by atoms with Crippen LogP contribution in [0.3, 0.4) is 0 Å². The number of fused-ring (bicyclic) bond motifs is 3. The van der Waals surface area contributed by atoms with E-state index in [0.717, 1.165) is 18.6 Å². The summed E-state index contributed by atoms with van der Waals surface area (Å²) in [6, 6.07) is 4.35. The predicted molar refractivity (Wildman–Crippen MR) is 85.1 cm³/mol. The Kier molecular flexibility index (Phi) is 3.83. The van der Waals surface area contributed by atoms with Gasteiger partial charge in [-0.25, -0.2) is 0 Å². The normalized spacial score (nSPS) is 13.4. The van der Waals surface area contributed by atoms with Crippen molar-refractivity contribution in [1.82, 2.24) is 10.3 Å². The van der Waals surface area contributed by atoms with E-state index in [1.165, 1.54) is 26.9 Å². The highest BCUT2D eigenvalue weighted by Crippen LogP contribution is 2.35. The van der Waals surface area contributed by atoms with Crippen molar-refractivity contribution in [2.45, 2.75) is 24.2 Å². The van der Waals surface area contributed by atoms with Gasteiger partial charge in [0.1, 0.15) is 0 Å². The third-order valence-electron chi connectivity index (χ3n) is 3.68. The molecule has 20 heavy (non-hydrogen) atoms. The number of aromatic amines is 1. The van der Waals surface area contributed by atoms with Gasteiger partial charge in [-0.1, -0.05) is 12.2 Å². The first-order valence-electron chi connectivity index (χ1n) is 6.92. The number of H-pyrrole nitrogens is 1. The molecule has 3 nitrogen and oxygen atoms in total. The maximum Gasteiger partial charge on any atom is 0.219 e. The number of carbonyl (C=O) groups is 1. The van der Waals surface area contributed by atoms with Gasteiger partial charge in [0.2, 0.25) is 5.91 Å². The summed E-state index contributed by atoms with van der Waals surface area (Å²) in [6.45, 7) is 0. The molecule has 3 rings (SSSR count). The number of carbonyl (C=O) groups excluding carboxylic acids is 1. The SMILES string of the molecule is CNC(=O)CCCc1c[nH]c2ccc3c(c12)C=CCS3. The number of aryl methyl sites for hydroxylation is 1. The summed E-state index contributed by atoms with van der Waals surface area (Å²) in [7, 11) is 1.69. The average molecular weight is 286 g/mol. The van der Waals surface area contributed by atoms with E-state index >= 15 is 0 Å². The van der Waals surface area contributed by atoms with Gasteiger partial charge in [0.25, 0.3) is 0 Å². The third-order valence-corrected chi connectivity index (χ3v) is 4.70. The minimum absolute atomic E-state index is 0.113. The molecule has 4 heteroatoms. The van der Waals surface area contributed by atoms with Crippen molar-refractivity contribution in [2.75, 3.05) is 12.8 Å². The van der Waals surface area contributed by atoms with Crippen LogP contribution >= 0.6 is 11.8 Å². The summed E-state index contributed by atoms with van der Waals surface area (Å²) in [4.78, 5) is 16.0. The molecule has 0 saturated carbocycles. The molecule has 2 N–H and O–H groups in total. The van der Waals surface area contributed by atoms with E-state index in [1.54, 1.807) is 7.05 Å². The van der Waals surface area contributed by atoms with Crippen LogP contribution in [0, 0.1) is 0 Å². The molecule has 0 atom stereocenters. The Morgan fingerprint density at radius 3 is 3.20 bits per heavy atom. The van der Waals surface area contributed by atoms with Gasteiger partial charge in [-0.05, 0) is 36.1 Å². The second kappa shape index (κ2) is 5.75. The van der Waals surface area contributed by atoms with Crippen molar-refractivity contribution in [1.29, 1.82) is 0 Å². The van der Waals surface area contributed by atoms with Crippen LogP contribution in [0.5, 0.6) is 0 Å². The molecule has 1 aromatic carbocycles. The molecule has 0 aliphatic carbocycles. The van der Waals surface area contributed by atoms with E-state index in [2.05, 4.69) is 40.8 Å². The van der Waals surface area contributed by atoms with E-state index in [1.807, 2.05) is 11.8 Å². The number of benzene rings is 1. The molecule has 2 heterocycles. The topological polar surface area (TPSA) is 44.9 Å². The zero-order valence-corrected chi connectivity index (χ0v) is 12.3. The van der Waals surface area contributed by atoms with Gasteiger partial charge >= 0.3 is 0 Å². The summed E-state index contributed by atoms with van der Waals surface area (Å²) < 4.78 is 0. The maximum absolute atomic E-state index is 11.3. The largest absolute Gasteiger partial charge is 0.361 e. The van der Waals surface area contributed by atoms with Crippen molar-refractivity contribution >= 4 is 34.6 Å². The number of hydrogen-bond acceptors (Lipinski definition) is 2. The van der Waals surface area contributed by atoms with E-state index < -0.39 is 0 Å². The second-order valence-electron chi connectivity index (χ2n) is 4.95. The standard InChI is InChI=1S/C16H18N2OS/c1-17-15(19)6-2-4-11-10-18-13-7-8-14-12(16(11)13)5-3-9-20-14/h3,5,7-8,10,18H,2,4,6,9H2,1H3,(H,17,19). The Labute approximate surface area is 122 Å². The molecule has 1 aliphatic heterocycles. The second-order valence-corrected chi connectivity index (χ2v) is 6.02. The lowest BCUT2D eigenvalue weighted by molar-refractivity contribution is -0.120. The third kappa shape index (κ3) is 2.48. The molecule has 1 aromatic heterocycles. The zero-order valence-electron chi connectivity index (χ0n) is 11.5. The fourth-order valence-electron chi connectivity index (χ4n) is 2.66. The van der Waals surface area contributed by atoms with Gasteiger partial charge in [-0.2, -0.15) is 0 Å². The number of aromatic nitrogens is 1. The van der Waals surface area contributed by atoms with E-state index in [0.29, 0.717) is 6.42 Å². The maximum atomic E-state index is 11.3. The zero-order chi connectivity index (χ0) is 13.9. The van der Waals surface area contributed by atoms with Crippen LogP contribution in [0.2, 0.25) is 0 Å². The van der Waals surface area contributed by atoms with Gasteiger partial charge in [0.15, 0.2) is 0 Å².